The highest BCUT2D eigenvalue weighted by molar-refractivity contribution is 5.93. The maximum Gasteiger partial charge on any atom is 0.335 e. The van der Waals surface area contributed by atoms with E-state index in [1.54, 1.807) is 12.1 Å². The van der Waals surface area contributed by atoms with Crippen molar-refractivity contribution in [1.82, 2.24) is 0 Å². The van der Waals surface area contributed by atoms with Gasteiger partial charge in [0, 0.05) is 11.3 Å². The Labute approximate surface area is 113 Å². The minimum Gasteiger partial charge on any atom is -0.478 e. The third kappa shape index (κ3) is 2.92. The van der Waals surface area contributed by atoms with E-state index in [1.807, 2.05) is 0 Å². The van der Waals surface area contributed by atoms with Crippen LogP contribution in [0.25, 0.3) is 0 Å². The average molecular weight is 274 g/mol. The maximum absolute atomic E-state index is 13.8. The first-order valence-corrected chi connectivity index (χ1v) is 5.67. The van der Waals surface area contributed by atoms with Gasteiger partial charge in [0.15, 0.2) is 0 Å². The summed E-state index contributed by atoms with van der Waals surface area (Å²) in [6.45, 7) is 0. The van der Waals surface area contributed by atoms with E-state index in [0.717, 1.165) is 6.07 Å². The molecule has 0 unspecified atom stereocenters. The molecule has 0 aliphatic rings. The summed E-state index contributed by atoms with van der Waals surface area (Å²) in [4.78, 5) is 21.8. The molecular weight excluding hydrogens is 263 g/mol. The highest BCUT2D eigenvalue weighted by Gasteiger charge is 2.08. The predicted molar refractivity (Wildman–Crippen MR) is 71.6 cm³/mol. The molecule has 0 aliphatic heterocycles. The van der Waals surface area contributed by atoms with Crippen LogP contribution >= 0.6 is 0 Å². The predicted octanol–water partition coefficient (Wildman–Crippen LogP) is 2.37. The summed E-state index contributed by atoms with van der Waals surface area (Å²) in [5.41, 5.74) is 5.75. The number of anilines is 2. The number of halogens is 1. The summed E-state index contributed by atoms with van der Waals surface area (Å²) < 4.78 is 13.8. The molecule has 0 radical (unpaired) electrons. The van der Waals surface area contributed by atoms with Gasteiger partial charge in [0.1, 0.15) is 5.82 Å². The normalized spacial score (nSPS) is 10.1. The van der Waals surface area contributed by atoms with Gasteiger partial charge in [-0.1, -0.05) is 6.07 Å². The minimum atomic E-state index is -1.07. The zero-order valence-corrected chi connectivity index (χ0v) is 10.3. The van der Waals surface area contributed by atoms with E-state index in [1.165, 1.54) is 24.3 Å². The Morgan fingerprint density at radius 1 is 1.10 bits per heavy atom. The first kappa shape index (κ1) is 13.5. The Morgan fingerprint density at radius 3 is 2.45 bits per heavy atom. The van der Waals surface area contributed by atoms with Crippen LogP contribution in [0.1, 0.15) is 20.7 Å². The van der Waals surface area contributed by atoms with Gasteiger partial charge in [0.05, 0.1) is 11.3 Å². The molecule has 0 bridgehead atoms. The highest BCUT2D eigenvalue weighted by atomic mass is 19.1. The molecule has 0 aromatic heterocycles. The molecule has 6 heteroatoms. The van der Waals surface area contributed by atoms with Crippen molar-refractivity contribution in [3.63, 3.8) is 0 Å². The number of hydrogen-bond donors (Lipinski definition) is 3. The fraction of sp³-hybridized carbons (Fsp3) is 0. The van der Waals surface area contributed by atoms with E-state index in [0.29, 0.717) is 5.69 Å². The lowest BCUT2D eigenvalue weighted by Gasteiger charge is -2.09. The Bertz CT molecular complexity index is 686. The second-order valence-corrected chi connectivity index (χ2v) is 4.07. The van der Waals surface area contributed by atoms with Gasteiger partial charge in [-0.25, -0.2) is 9.18 Å². The van der Waals surface area contributed by atoms with Gasteiger partial charge in [0.25, 0.3) is 0 Å². The summed E-state index contributed by atoms with van der Waals surface area (Å²) in [5.74, 6) is -2.44. The molecule has 4 N–H and O–H groups in total. The molecule has 5 nitrogen and oxygen atoms in total. The lowest BCUT2D eigenvalue weighted by atomic mass is 10.1. The second kappa shape index (κ2) is 5.40. The van der Waals surface area contributed by atoms with E-state index in [4.69, 9.17) is 10.8 Å². The number of nitrogens with two attached hydrogens (primary N) is 1. The SMILES string of the molecule is NC(=O)c1ccc(Nc2cccc(C(=O)O)c2)c(F)c1. The number of primary amides is 1. The molecule has 2 aromatic rings. The van der Waals surface area contributed by atoms with Gasteiger partial charge in [-0.2, -0.15) is 0 Å². The number of aromatic carboxylic acids is 1. The van der Waals surface area contributed by atoms with E-state index in [9.17, 15) is 14.0 Å². The minimum absolute atomic E-state index is 0.0623. The maximum atomic E-state index is 13.8. The first-order valence-electron chi connectivity index (χ1n) is 5.67. The average Bonchev–Trinajstić information content (AvgIpc) is 2.41. The monoisotopic (exact) mass is 274 g/mol. The molecule has 0 atom stereocenters. The van der Waals surface area contributed by atoms with Crippen LogP contribution in [0.5, 0.6) is 0 Å². The molecular formula is C14H11FN2O3. The van der Waals surface area contributed by atoms with Crippen molar-refractivity contribution < 1.29 is 19.1 Å². The number of carbonyl (C=O) groups is 2. The number of nitrogens with one attached hydrogen (secondary N) is 1. The van der Waals surface area contributed by atoms with E-state index >= 15 is 0 Å². The fourth-order valence-corrected chi connectivity index (χ4v) is 1.66. The van der Waals surface area contributed by atoms with Crippen LogP contribution in [0.4, 0.5) is 15.8 Å². The van der Waals surface area contributed by atoms with Crippen LogP contribution in [0.2, 0.25) is 0 Å². The van der Waals surface area contributed by atoms with Gasteiger partial charge in [-0.3, -0.25) is 4.79 Å². The fourth-order valence-electron chi connectivity index (χ4n) is 1.66. The van der Waals surface area contributed by atoms with Gasteiger partial charge in [-0.15, -0.1) is 0 Å². The van der Waals surface area contributed by atoms with Crippen molar-refractivity contribution in [1.29, 1.82) is 0 Å². The van der Waals surface area contributed by atoms with E-state index in [-0.39, 0.29) is 16.8 Å². The number of benzene rings is 2. The third-order valence-corrected chi connectivity index (χ3v) is 2.64. The molecule has 2 rings (SSSR count). The van der Waals surface area contributed by atoms with Crippen molar-refractivity contribution in [3.05, 3.63) is 59.4 Å². The number of hydrogen-bond acceptors (Lipinski definition) is 3. The summed E-state index contributed by atoms with van der Waals surface area (Å²) in [5, 5.41) is 11.6. The summed E-state index contributed by atoms with van der Waals surface area (Å²) in [7, 11) is 0. The zero-order valence-electron chi connectivity index (χ0n) is 10.3. The van der Waals surface area contributed by atoms with Gasteiger partial charge in [0.2, 0.25) is 5.91 Å². The topological polar surface area (TPSA) is 92.4 Å². The second-order valence-electron chi connectivity index (χ2n) is 4.07. The van der Waals surface area contributed by atoms with Gasteiger partial charge >= 0.3 is 5.97 Å². The molecule has 1 amide bonds. The molecule has 0 saturated heterocycles. The Hall–Kier alpha value is -2.89. The van der Waals surface area contributed by atoms with Crippen LogP contribution in [0.15, 0.2) is 42.5 Å². The molecule has 20 heavy (non-hydrogen) atoms. The molecule has 2 aromatic carbocycles. The Balaban J connectivity index is 2.28. The van der Waals surface area contributed by atoms with Crippen LogP contribution in [-0.2, 0) is 0 Å². The van der Waals surface area contributed by atoms with Crippen LogP contribution in [0, 0.1) is 5.82 Å². The van der Waals surface area contributed by atoms with Gasteiger partial charge in [-0.05, 0) is 36.4 Å². The molecule has 0 aliphatic carbocycles. The smallest absolute Gasteiger partial charge is 0.335 e. The van der Waals surface area contributed by atoms with E-state index in [2.05, 4.69) is 5.32 Å². The van der Waals surface area contributed by atoms with Crippen molar-refractivity contribution >= 4 is 23.3 Å². The third-order valence-electron chi connectivity index (χ3n) is 2.64. The number of amides is 1. The number of rotatable bonds is 4. The first-order chi connectivity index (χ1) is 9.47. The Kier molecular flexibility index (Phi) is 3.65. The molecule has 0 saturated carbocycles. The number of carboxylic acids is 1. The number of carbonyl (C=O) groups excluding carboxylic acids is 1. The zero-order chi connectivity index (χ0) is 14.7. The van der Waals surface area contributed by atoms with Crippen molar-refractivity contribution in [2.75, 3.05) is 5.32 Å². The highest BCUT2D eigenvalue weighted by Crippen LogP contribution is 2.21. The van der Waals surface area contributed by atoms with E-state index < -0.39 is 17.7 Å². The number of carboxylic acid groups (broad SMARTS) is 1. The lowest BCUT2D eigenvalue weighted by molar-refractivity contribution is 0.0696. The molecule has 0 fully saturated rings. The van der Waals surface area contributed by atoms with Crippen molar-refractivity contribution in [2.45, 2.75) is 0 Å². The van der Waals surface area contributed by atoms with Crippen LogP contribution < -0.4 is 11.1 Å². The van der Waals surface area contributed by atoms with Gasteiger partial charge < -0.3 is 16.2 Å². The summed E-state index contributed by atoms with van der Waals surface area (Å²) in [6, 6.07) is 9.72. The standard InChI is InChI=1S/C14H11FN2O3/c15-11-7-8(13(16)18)4-5-12(11)17-10-3-1-2-9(6-10)14(19)20/h1-7,17H,(H2,16,18)(H,19,20). The Morgan fingerprint density at radius 2 is 1.85 bits per heavy atom. The van der Waals surface area contributed by atoms with Crippen molar-refractivity contribution in [3.8, 4) is 0 Å². The molecule has 102 valence electrons. The summed E-state index contributed by atoms with van der Waals surface area (Å²) >= 11 is 0. The molecule has 0 spiro atoms. The van der Waals surface area contributed by atoms with Crippen molar-refractivity contribution in [2.24, 2.45) is 5.73 Å². The van der Waals surface area contributed by atoms with Crippen LogP contribution in [-0.4, -0.2) is 17.0 Å². The van der Waals surface area contributed by atoms with Crippen LogP contribution in [0.3, 0.4) is 0 Å². The largest absolute Gasteiger partial charge is 0.478 e. The summed E-state index contributed by atoms with van der Waals surface area (Å²) in [6.07, 6.45) is 0. The lowest BCUT2D eigenvalue weighted by Crippen LogP contribution is -2.11. The molecule has 0 heterocycles. The quantitative estimate of drug-likeness (QED) is 0.798.